The zero-order chi connectivity index (χ0) is 52.3. The third kappa shape index (κ3) is 8.44. The van der Waals surface area contributed by atoms with Crippen LogP contribution in [0.3, 0.4) is 0 Å². The lowest BCUT2D eigenvalue weighted by molar-refractivity contribution is 0.483. The van der Waals surface area contributed by atoms with Gasteiger partial charge in [0.25, 0.3) is 0 Å². The van der Waals surface area contributed by atoms with Gasteiger partial charge in [-0.25, -0.2) is 4.98 Å². The number of anilines is 2. The number of rotatable bonds is 6. The molecule has 0 aliphatic carbocycles. The van der Waals surface area contributed by atoms with Crippen molar-refractivity contribution in [2.75, 3.05) is 4.90 Å². The van der Waals surface area contributed by atoms with E-state index in [1.54, 1.807) is 0 Å². The molecule has 0 fully saturated rings. The SMILES string of the molecule is CC(C)(C)c1cc(-c2cccc3c4ccccc4c4ccccc4c4cc(C(C)(C)C)cc5c4n(c23)CN5c2cccc(Oc3ccc4c5ccccc5n(-c5cc(C(C)(C)C)ccn5)c4c3)c2)cc([Si](C)(C)C)c1. The van der Waals surface area contributed by atoms with E-state index in [4.69, 9.17) is 9.72 Å². The lowest BCUT2D eigenvalue weighted by Crippen LogP contribution is -2.38. The first-order valence-electron chi connectivity index (χ1n) is 26.7. The molecule has 0 saturated carbocycles. The van der Waals surface area contributed by atoms with Crippen LogP contribution in [-0.2, 0) is 22.9 Å². The maximum atomic E-state index is 6.99. The summed E-state index contributed by atoms with van der Waals surface area (Å²) in [5.41, 5.74) is 13.1. The van der Waals surface area contributed by atoms with Crippen LogP contribution in [0.1, 0.15) is 79.0 Å². The molecule has 75 heavy (non-hydrogen) atoms. The van der Waals surface area contributed by atoms with Gasteiger partial charge >= 0.3 is 0 Å². The second kappa shape index (κ2) is 17.5. The van der Waals surface area contributed by atoms with Gasteiger partial charge in [0.05, 0.1) is 35.8 Å². The van der Waals surface area contributed by atoms with Crippen LogP contribution in [0.2, 0.25) is 19.6 Å². The van der Waals surface area contributed by atoms with Crippen LogP contribution in [0, 0.1) is 0 Å². The maximum absolute atomic E-state index is 6.99. The molecule has 0 radical (unpaired) electrons. The van der Waals surface area contributed by atoms with E-state index in [0.29, 0.717) is 6.67 Å². The molecule has 0 N–H and O–H groups in total. The molecule has 4 heterocycles. The van der Waals surface area contributed by atoms with Crippen molar-refractivity contribution in [2.45, 2.75) is 105 Å². The number of ether oxygens (including phenoxy) is 1. The third-order valence-electron chi connectivity index (χ3n) is 15.7. The van der Waals surface area contributed by atoms with Crippen molar-refractivity contribution in [3.63, 3.8) is 0 Å². The van der Waals surface area contributed by atoms with Gasteiger partial charge in [-0.15, -0.1) is 0 Å². The zero-order valence-corrected chi connectivity index (χ0v) is 46.7. The largest absolute Gasteiger partial charge is 0.457 e. The molecule has 0 amide bonds. The lowest BCUT2D eigenvalue weighted by Gasteiger charge is -2.26. The van der Waals surface area contributed by atoms with E-state index in [2.05, 4.69) is 272 Å². The topological polar surface area (TPSA) is 35.2 Å². The Morgan fingerprint density at radius 1 is 0.453 bits per heavy atom. The van der Waals surface area contributed by atoms with Gasteiger partial charge in [-0.1, -0.05) is 196 Å². The lowest BCUT2D eigenvalue weighted by atomic mass is 9.85. The maximum Gasteiger partial charge on any atom is 0.137 e. The molecule has 8 aromatic carbocycles. The highest BCUT2D eigenvalue weighted by Crippen LogP contribution is 2.47. The van der Waals surface area contributed by atoms with Gasteiger partial charge in [-0.05, 0) is 115 Å². The highest BCUT2D eigenvalue weighted by molar-refractivity contribution is 6.88. The first kappa shape index (κ1) is 48.3. The van der Waals surface area contributed by atoms with E-state index in [-0.39, 0.29) is 16.2 Å². The Kier molecular flexibility index (Phi) is 11.2. The second-order valence-electron chi connectivity index (χ2n) is 25.0. The molecular formula is C69H68N4OSi. The fraction of sp³-hybridized carbons (Fsp3) is 0.232. The number of hydrogen-bond donors (Lipinski definition) is 0. The highest BCUT2D eigenvalue weighted by atomic mass is 28.3. The normalized spacial score (nSPS) is 13.3. The van der Waals surface area contributed by atoms with Crippen molar-refractivity contribution in [1.29, 1.82) is 0 Å². The van der Waals surface area contributed by atoms with Crippen LogP contribution in [0.4, 0.5) is 11.4 Å². The molecular weight excluding hydrogens is 929 g/mol. The monoisotopic (exact) mass is 997 g/mol. The van der Waals surface area contributed by atoms with Gasteiger partial charge in [0.15, 0.2) is 0 Å². The van der Waals surface area contributed by atoms with Crippen molar-refractivity contribution < 1.29 is 4.74 Å². The number of para-hydroxylation sites is 2. The summed E-state index contributed by atoms with van der Waals surface area (Å²) in [6.45, 7) is 28.8. The minimum atomic E-state index is -1.74. The number of hydrogen-bond acceptors (Lipinski definition) is 3. The van der Waals surface area contributed by atoms with Crippen molar-refractivity contribution >= 4 is 89.8 Å². The number of pyridine rings is 1. The molecule has 0 atom stereocenters. The molecule has 5 nitrogen and oxygen atoms in total. The zero-order valence-electron chi connectivity index (χ0n) is 45.7. The van der Waals surface area contributed by atoms with Crippen LogP contribution in [-0.4, -0.2) is 22.2 Å². The first-order valence-corrected chi connectivity index (χ1v) is 30.2. The number of fused-ring (bicyclic) bond motifs is 10. The summed E-state index contributed by atoms with van der Waals surface area (Å²) in [7, 11) is -1.74. The Morgan fingerprint density at radius 3 is 1.72 bits per heavy atom. The van der Waals surface area contributed by atoms with Gasteiger partial charge in [0.1, 0.15) is 24.0 Å². The number of aromatic nitrogens is 3. The average Bonchev–Trinajstić information content (AvgIpc) is 3.96. The molecule has 0 unspecified atom stereocenters. The van der Waals surface area contributed by atoms with Crippen LogP contribution in [0.5, 0.6) is 11.5 Å². The standard InChI is InChI=1S/C69H68N4OSi/c1-67(2,3)45-33-34-70-64(40-45)73-61-30-18-17-27-57(61)58-32-31-50(42-62(58)73)74-49-22-19-21-48(41-49)71-43-72-65-52(44-35-46(68(4,5)6)37-51(36-44)75(10,11)12)28-20-29-59(65)55-25-15-13-23-53(55)54-24-14-16-26-56(54)60-38-47(69(7,8)9)39-63(71)66(60)72/h13-42H,43H2,1-12H3. The molecule has 3 aromatic heterocycles. The van der Waals surface area contributed by atoms with E-state index in [9.17, 15) is 0 Å². The Bertz CT molecular complexity index is 4150. The molecule has 12 rings (SSSR count). The molecule has 374 valence electrons. The van der Waals surface area contributed by atoms with E-state index in [1.807, 2.05) is 6.20 Å². The molecule has 0 saturated heterocycles. The third-order valence-corrected chi connectivity index (χ3v) is 17.7. The van der Waals surface area contributed by atoms with Crippen molar-refractivity contribution in [1.82, 2.24) is 14.1 Å². The quantitative estimate of drug-likeness (QED) is 0.156. The van der Waals surface area contributed by atoms with Gasteiger partial charge in [0, 0.05) is 51.1 Å². The number of nitrogens with zero attached hydrogens (tertiary/aromatic N) is 4. The second-order valence-corrected chi connectivity index (χ2v) is 30.1. The summed E-state index contributed by atoms with van der Waals surface area (Å²) in [6, 6.07) is 65.7. The fourth-order valence-electron chi connectivity index (χ4n) is 11.4. The van der Waals surface area contributed by atoms with E-state index >= 15 is 0 Å². The molecule has 0 spiro atoms. The summed E-state index contributed by atoms with van der Waals surface area (Å²) in [5.74, 6) is 2.43. The fourth-order valence-corrected chi connectivity index (χ4v) is 12.6. The highest BCUT2D eigenvalue weighted by Gasteiger charge is 2.30. The van der Waals surface area contributed by atoms with Gasteiger partial charge < -0.3 is 14.2 Å². The average molecular weight is 997 g/mol. The van der Waals surface area contributed by atoms with Gasteiger partial charge in [-0.3, -0.25) is 4.57 Å². The molecule has 0 bridgehead atoms. The van der Waals surface area contributed by atoms with Gasteiger partial charge in [-0.2, -0.15) is 0 Å². The molecule has 1 aliphatic rings. The van der Waals surface area contributed by atoms with Crippen molar-refractivity contribution in [2.24, 2.45) is 0 Å². The molecule has 1 aliphatic heterocycles. The summed E-state index contributed by atoms with van der Waals surface area (Å²) >= 11 is 0. The van der Waals surface area contributed by atoms with Crippen LogP contribution in [0.15, 0.2) is 182 Å². The Morgan fingerprint density at radius 2 is 1.04 bits per heavy atom. The summed E-state index contributed by atoms with van der Waals surface area (Å²) in [5, 5.41) is 11.2. The first-order chi connectivity index (χ1) is 35.7. The van der Waals surface area contributed by atoms with Gasteiger partial charge in [0.2, 0.25) is 0 Å². The smallest absolute Gasteiger partial charge is 0.137 e. The van der Waals surface area contributed by atoms with E-state index in [0.717, 1.165) is 39.4 Å². The van der Waals surface area contributed by atoms with Crippen molar-refractivity contribution in [3.05, 3.63) is 199 Å². The van der Waals surface area contributed by atoms with E-state index < -0.39 is 8.07 Å². The number of benzene rings is 8. The molecule has 6 heteroatoms. The summed E-state index contributed by atoms with van der Waals surface area (Å²) in [6.07, 6.45) is 1.94. The van der Waals surface area contributed by atoms with Crippen LogP contribution < -0.4 is 14.8 Å². The Hall–Kier alpha value is -7.67. The predicted molar refractivity (Wildman–Crippen MR) is 324 cm³/mol. The van der Waals surface area contributed by atoms with Crippen LogP contribution in [0.25, 0.3) is 82.1 Å². The summed E-state index contributed by atoms with van der Waals surface area (Å²) < 4.78 is 11.9. The minimum Gasteiger partial charge on any atom is -0.457 e. The predicted octanol–water partition coefficient (Wildman–Crippen LogP) is 18.7. The van der Waals surface area contributed by atoms with Crippen LogP contribution >= 0.6 is 0 Å². The Balaban J connectivity index is 1.10. The minimum absolute atomic E-state index is 0.0228. The summed E-state index contributed by atoms with van der Waals surface area (Å²) in [4.78, 5) is 7.47. The van der Waals surface area contributed by atoms with E-state index in [1.165, 1.54) is 87.4 Å². The molecule has 11 aromatic rings. The Labute approximate surface area is 443 Å². The van der Waals surface area contributed by atoms with Crippen molar-refractivity contribution in [3.8, 4) is 28.4 Å².